The molecule has 1 aliphatic heterocycles. The molecule has 0 aromatic carbocycles. The molecule has 1 saturated heterocycles. The molecule has 2 heterocycles. The molecule has 0 spiro atoms. The minimum absolute atomic E-state index is 0.472. The number of aryl methyl sites for hydroxylation is 1. The second-order valence-corrected chi connectivity index (χ2v) is 6.58. The molecular weight excluding hydrogens is 375 g/mol. The predicted octanol–water partition coefficient (Wildman–Crippen LogP) is 2.09. The van der Waals surface area contributed by atoms with Crippen LogP contribution in [0.15, 0.2) is 0 Å². The Balaban J connectivity index is 2.16. The van der Waals surface area contributed by atoms with E-state index >= 15 is 0 Å². The second-order valence-electron chi connectivity index (χ2n) is 5.15. The van der Waals surface area contributed by atoms with Gasteiger partial charge in [0.1, 0.15) is 11.0 Å². The van der Waals surface area contributed by atoms with Crippen molar-refractivity contribution in [1.29, 1.82) is 0 Å². The zero-order valence-electron chi connectivity index (χ0n) is 11.7. The van der Waals surface area contributed by atoms with Crippen LogP contribution in [-0.4, -0.2) is 59.5 Å². The van der Waals surface area contributed by atoms with E-state index in [0.29, 0.717) is 11.2 Å². The quantitative estimate of drug-likeness (QED) is 0.580. The number of likely N-dealkylation sites (N-methyl/N-ethyl adjacent to an activating group) is 2. The third-order valence-corrected chi connectivity index (χ3v) is 5.38. The maximum absolute atomic E-state index is 6.20. The lowest BCUT2D eigenvalue weighted by molar-refractivity contribution is 0.113. The number of hydrogen-bond acceptors (Lipinski definition) is 4. The minimum Gasteiger partial charge on any atom is -0.304 e. The van der Waals surface area contributed by atoms with Gasteiger partial charge < -0.3 is 9.80 Å². The summed E-state index contributed by atoms with van der Waals surface area (Å²) < 4.78 is 0.986. The number of halogens is 2. The van der Waals surface area contributed by atoms with E-state index in [1.165, 1.54) is 0 Å². The summed E-state index contributed by atoms with van der Waals surface area (Å²) in [5, 5.41) is 0.592. The molecule has 1 aliphatic rings. The summed E-state index contributed by atoms with van der Waals surface area (Å²) >= 11 is 8.42. The Hall–Kier alpha value is 0.0200. The standard InChI is InChI=1S/C13H20ClIN4/c1-4-10-12(15)13(14)17-11(16-10)7-9-8-18(2)5-6-19(9)3/h9H,4-8H2,1-3H3. The van der Waals surface area contributed by atoms with Gasteiger partial charge in [0, 0.05) is 32.1 Å². The molecule has 2 rings (SSSR count). The van der Waals surface area contributed by atoms with Gasteiger partial charge in [-0.1, -0.05) is 18.5 Å². The molecule has 1 aromatic heterocycles. The third-order valence-electron chi connectivity index (χ3n) is 3.66. The summed E-state index contributed by atoms with van der Waals surface area (Å²) in [7, 11) is 4.34. The number of piperazine rings is 1. The molecule has 19 heavy (non-hydrogen) atoms. The molecule has 0 aliphatic carbocycles. The Labute approximate surface area is 133 Å². The van der Waals surface area contributed by atoms with Crippen LogP contribution in [0.4, 0.5) is 0 Å². The van der Waals surface area contributed by atoms with Crippen LogP contribution in [0.2, 0.25) is 5.15 Å². The smallest absolute Gasteiger partial charge is 0.146 e. The molecule has 6 heteroatoms. The van der Waals surface area contributed by atoms with Gasteiger partial charge in [-0.05, 0) is 43.1 Å². The van der Waals surface area contributed by atoms with Gasteiger partial charge >= 0.3 is 0 Å². The van der Waals surface area contributed by atoms with E-state index in [2.05, 4.69) is 63.4 Å². The van der Waals surface area contributed by atoms with Crippen molar-refractivity contribution in [3.63, 3.8) is 0 Å². The fourth-order valence-corrected chi connectivity index (χ4v) is 3.20. The van der Waals surface area contributed by atoms with Gasteiger partial charge in [-0.25, -0.2) is 9.97 Å². The number of aromatic nitrogens is 2. The Morgan fingerprint density at radius 2 is 2.05 bits per heavy atom. The highest BCUT2D eigenvalue weighted by Crippen LogP contribution is 2.21. The summed E-state index contributed by atoms with van der Waals surface area (Å²) in [6.07, 6.45) is 1.76. The summed E-state index contributed by atoms with van der Waals surface area (Å²) in [5.74, 6) is 0.870. The normalized spacial score (nSPS) is 21.8. The van der Waals surface area contributed by atoms with Gasteiger partial charge in [0.25, 0.3) is 0 Å². The van der Waals surface area contributed by atoms with Crippen molar-refractivity contribution in [3.05, 3.63) is 20.2 Å². The fraction of sp³-hybridized carbons (Fsp3) is 0.692. The van der Waals surface area contributed by atoms with E-state index in [1.54, 1.807) is 0 Å². The summed E-state index contributed by atoms with van der Waals surface area (Å²) in [6.45, 7) is 5.39. The molecule has 1 atom stereocenters. The van der Waals surface area contributed by atoms with Crippen LogP contribution in [0.3, 0.4) is 0 Å². The van der Waals surface area contributed by atoms with E-state index in [9.17, 15) is 0 Å². The number of rotatable bonds is 3. The first kappa shape index (κ1) is 15.4. The van der Waals surface area contributed by atoms with Crippen LogP contribution >= 0.6 is 34.2 Å². The Morgan fingerprint density at radius 3 is 2.74 bits per heavy atom. The Kier molecular flexibility index (Phi) is 5.39. The minimum atomic E-state index is 0.472. The highest BCUT2D eigenvalue weighted by molar-refractivity contribution is 14.1. The summed E-state index contributed by atoms with van der Waals surface area (Å²) in [5.41, 5.74) is 1.06. The van der Waals surface area contributed by atoms with Crippen molar-refractivity contribution in [2.24, 2.45) is 0 Å². The zero-order valence-corrected chi connectivity index (χ0v) is 14.6. The van der Waals surface area contributed by atoms with E-state index in [1.807, 2.05) is 0 Å². The van der Waals surface area contributed by atoms with E-state index in [-0.39, 0.29) is 0 Å². The Bertz CT molecular complexity index is 455. The van der Waals surface area contributed by atoms with E-state index < -0.39 is 0 Å². The molecule has 0 radical (unpaired) electrons. The maximum Gasteiger partial charge on any atom is 0.146 e. The zero-order chi connectivity index (χ0) is 14.0. The fourth-order valence-electron chi connectivity index (χ4n) is 2.37. The largest absolute Gasteiger partial charge is 0.304 e. The molecule has 1 fully saturated rings. The SMILES string of the molecule is CCc1nc(CC2CN(C)CCN2C)nc(Cl)c1I. The van der Waals surface area contributed by atoms with Crippen LogP contribution < -0.4 is 0 Å². The average molecular weight is 395 g/mol. The molecule has 106 valence electrons. The lowest BCUT2D eigenvalue weighted by Gasteiger charge is -2.37. The third kappa shape index (κ3) is 3.77. The highest BCUT2D eigenvalue weighted by Gasteiger charge is 2.24. The van der Waals surface area contributed by atoms with Crippen LogP contribution in [0, 0.1) is 3.57 Å². The molecule has 0 bridgehead atoms. The van der Waals surface area contributed by atoms with Crippen molar-refractivity contribution in [3.8, 4) is 0 Å². The van der Waals surface area contributed by atoms with Gasteiger partial charge in [-0.15, -0.1) is 0 Å². The maximum atomic E-state index is 6.20. The first-order valence-electron chi connectivity index (χ1n) is 6.60. The molecule has 0 N–H and O–H groups in total. The topological polar surface area (TPSA) is 32.3 Å². The molecule has 0 saturated carbocycles. The average Bonchev–Trinajstić information content (AvgIpc) is 2.38. The van der Waals surface area contributed by atoms with Crippen molar-refractivity contribution in [2.75, 3.05) is 33.7 Å². The van der Waals surface area contributed by atoms with Gasteiger partial charge in [0.2, 0.25) is 0 Å². The van der Waals surface area contributed by atoms with Crippen LogP contribution in [0.5, 0.6) is 0 Å². The predicted molar refractivity (Wildman–Crippen MR) is 86.8 cm³/mol. The van der Waals surface area contributed by atoms with Crippen LogP contribution in [0.1, 0.15) is 18.4 Å². The lowest BCUT2D eigenvalue weighted by atomic mass is 10.1. The lowest BCUT2D eigenvalue weighted by Crippen LogP contribution is -2.51. The van der Waals surface area contributed by atoms with E-state index in [0.717, 1.165) is 47.6 Å². The molecule has 0 amide bonds. The first-order valence-corrected chi connectivity index (χ1v) is 8.06. The molecule has 1 unspecified atom stereocenters. The monoisotopic (exact) mass is 394 g/mol. The number of hydrogen-bond donors (Lipinski definition) is 0. The number of nitrogens with zero attached hydrogens (tertiary/aromatic N) is 4. The van der Waals surface area contributed by atoms with Gasteiger partial charge in [-0.2, -0.15) is 0 Å². The summed E-state index contributed by atoms with van der Waals surface area (Å²) in [4.78, 5) is 13.8. The first-order chi connectivity index (χ1) is 9.01. The van der Waals surface area contributed by atoms with Gasteiger partial charge in [0.15, 0.2) is 0 Å². The van der Waals surface area contributed by atoms with Crippen molar-refractivity contribution in [2.45, 2.75) is 25.8 Å². The molecular formula is C13H20ClIN4. The van der Waals surface area contributed by atoms with Gasteiger partial charge in [-0.3, -0.25) is 0 Å². The van der Waals surface area contributed by atoms with Crippen molar-refractivity contribution in [1.82, 2.24) is 19.8 Å². The molecule has 4 nitrogen and oxygen atoms in total. The van der Waals surface area contributed by atoms with Crippen molar-refractivity contribution >= 4 is 34.2 Å². The van der Waals surface area contributed by atoms with E-state index in [4.69, 9.17) is 11.6 Å². The van der Waals surface area contributed by atoms with Crippen molar-refractivity contribution < 1.29 is 0 Å². The van der Waals surface area contributed by atoms with Crippen LogP contribution in [0.25, 0.3) is 0 Å². The van der Waals surface area contributed by atoms with Gasteiger partial charge in [0.05, 0.1) is 9.26 Å². The Morgan fingerprint density at radius 1 is 1.32 bits per heavy atom. The van der Waals surface area contributed by atoms with Crippen LogP contribution in [-0.2, 0) is 12.8 Å². The second kappa shape index (κ2) is 6.65. The molecule has 1 aromatic rings. The highest BCUT2D eigenvalue weighted by atomic mass is 127. The summed E-state index contributed by atoms with van der Waals surface area (Å²) in [6, 6.07) is 0.472.